The van der Waals surface area contributed by atoms with Crippen molar-refractivity contribution in [2.45, 2.75) is 0 Å². The fourth-order valence-corrected chi connectivity index (χ4v) is 1.76. The van der Waals surface area contributed by atoms with Gasteiger partial charge in [-0.15, -0.1) is 0 Å². The Balaban J connectivity index is 2.28. The maximum atomic E-state index is 12.3. The molecule has 0 aliphatic rings. The quantitative estimate of drug-likeness (QED) is 0.746. The van der Waals surface area contributed by atoms with Crippen molar-refractivity contribution in [1.29, 1.82) is 0 Å². The van der Waals surface area contributed by atoms with Crippen molar-refractivity contribution in [3.63, 3.8) is 0 Å². The second-order valence-corrected chi connectivity index (χ2v) is 4.02. The zero-order chi connectivity index (χ0) is 14.5. The molecule has 0 saturated carbocycles. The third-order valence-corrected chi connectivity index (χ3v) is 2.74. The SMILES string of the molecule is O=C(O)c1ccc(N(CCO)C(=O)c2cn[nH]c2)cc1. The first kappa shape index (κ1) is 13.8. The molecule has 0 unspecified atom stereocenters. The van der Waals surface area contributed by atoms with Gasteiger partial charge in [0.1, 0.15) is 0 Å². The first-order chi connectivity index (χ1) is 9.63. The number of nitrogens with zero attached hydrogens (tertiary/aromatic N) is 2. The van der Waals surface area contributed by atoms with Gasteiger partial charge in [0.15, 0.2) is 0 Å². The maximum Gasteiger partial charge on any atom is 0.335 e. The second-order valence-electron chi connectivity index (χ2n) is 4.02. The van der Waals surface area contributed by atoms with Gasteiger partial charge in [0.2, 0.25) is 0 Å². The summed E-state index contributed by atoms with van der Waals surface area (Å²) in [6.45, 7) is -0.0965. The lowest BCUT2D eigenvalue weighted by molar-refractivity contribution is 0.0696. The number of hydrogen-bond donors (Lipinski definition) is 3. The van der Waals surface area contributed by atoms with Crippen LogP contribution in [0.4, 0.5) is 5.69 Å². The van der Waals surface area contributed by atoms with Crippen molar-refractivity contribution < 1.29 is 19.8 Å². The molecule has 2 rings (SSSR count). The van der Waals surface area contributed by atoms with Crippen LogP contribution in [0.15, 0.2) is 36.7 Å². The van der Waals surface area contributed by atoms with Crippen LogP contribution in [0.3, 0.4) is 0 Å². The largest absolute Gasteiger partial charge is 0.478 e. The van der Waals surface area contributed by atoms with Gasteiger partial charge < -0.3 is 15.1 Å². The summed E-state index contributed by atoms with van der Waals surface area (Å²) in [6.07, 6.45) is 2.84. The number of carbonyl (C=O) groups is 2. The Labute approximate surface area is 114 Å². The van der Waals surface area contributed by atoms with Crippen LogP contribution in [0.25, 0.3) is 0 Å². The number of benzene rings is 1. The first-order valence-electron chi connectivity index (χ1n) is 5.88. The highest BCUT2D eigenvalue weighted by Gasteiger charge is 2.18. The van der Waals surface area contributed by atoms with Crippen LogP contribution in [0.1, 0.15) is 20.7 Å². The predicted octanol–water partition coefficient (Wildman–Crippen LogP) is 0.747. The first-order valence-corrected chi connectivity index (χ1v) is 5.88. The number of carboxylic acids is 1. The van der Waals surface area contributed by atoms with E-state index in [1.165, 1.54) is 41.6 Å². The molecule has 1 heterocycles. The Morgan fingerprint density at radius 1 is 1.20 bits per heavy atom. The van der Waals surface area contributed by atoms with Gasteiger partial charge in [-0.3, -0.25) is 9.89 Å². The van der Waals surface area contributed by atoms with E-state index in [0.29, 0.717) is 11.3 Å². The number of hydrogen-bond acceptors (Lipinski definition) is 4. The number of aromatic nitrogens is 2. The van der Waals surface area contributed by atoms with E-state index in [9.17, 15) is 9.59 Å². The standard InChI is InChI=1S/C13H13N3O4/c17-6-5-16(12(18)10-7-14-15-8-10)11-3-1-9(2-4-11)13(19)20/h1-4,7-8,17H,5-6H2,(H,14,15)(H,19,20). The van der Waals surface area contributed by atoms with Gasteiger partial charge in [-0.1, -0.05) is 0 Å². The molecular weight excluding hydrogens is 262 g/mol. The monoisotopic (exact) mass is 275 g/mol. The highest BCUT2D eigenvalue weighted by molar-refractivity contribution is 6.06. The third kappa shape index (κ3) is 2.83. The number of aliphatic hydroxyl groups is 1. The summed E-state index contributed by atoms with van der Waals surface area (Å²) in [5, 5.41) is 24.2. The number of anilines is 1. The molecule has 0 fully saturated rings. The molecule has 0 aliphatic carbocycles. The molecule has 104 valence electrons. The topological polar surface area (TPSA) is 107 Å². The van der Waals surface area contributed by atoms with E-state index in [4.69, 9.17) is 10.2 Å². The summed E-state index contributed by atoms with van der Waals surface area (Å²) in [4.78, 5) is 24.4. The minimum Gasteiger partial charge on any atom is -0.478 e. The Kier molecular flexibility index (Phi) is 4.11. The van der Waals surface area contributed by atoms with Gasteiger partial charge in [-0.2, -0.15) is 5.10 Å². The molecule has 1 aromatic heterocycles. The van der Waals surface area contributed by atoms with Crippen molar-refractivity contribution in [1.82, 2.24) is 10.2 Å². The van der Waals surface area contributed by atoms with Gasteiger partial charge in [0.05, 0.1) is 23.9 Å². The molecule has 7 nitrogen and oxygen atoms in total. The van der Waals surface area contributed by atoms with E-state index in [2.05, 4.69) is 10.2 Å². The Morgan fingerprint density at radius 2 is 1.90 bits per heavy atom. The lowest BCUT2D eigenvalue weighted by Gasteiger charge is -2.21. The molecule has 1 aromatic carbocycles. The molecule has 0 spiro atoms. The zero-order valence-corrected chi connectivity index (χ0v) is 10.5. The van der Waals surface area contributed by atoms with Crippen molar-refractivity contribution >= 4 is 17.6 Å². The molecule has 0 aliphatic heterocycles. The number of aromatic amines is 1. The Bertz CT molecular complexity index is 593. The molecule has 0 bridgehead atoms. The molecule has 20 heavy (non-hydrogen) atoms. The van der Waals surface area contributed by atoms with Gasteiger partial charge >= 0.3 is 5.97 Å². The van der Waals surface area contributed by atoms with Crippen LogP contribution in [-0.2, 0) is 0 Å². The number of amides is 1. The number of aliphatic hydroxyl groups excluding tert-OH is 1. The third-order valence-electron chi connectivity index (χ3n) is 2.74. The van der Waals surface area contributed by atoms with Crippen LogP contribution in [0.2, 0.25) is 0 Å². The molecule has 3 N–H and O–H groups in total. The van der Waals surface area contributed by atoms with Crippen molar-refractivity contribution in [2.24, 2.45) is 0 Å². The lowest BCUT2D eigenvalue weighted by atomic mass is 10.2. The number of carboxylic acid groups (broad SMARTS) is 1. The Hall–Kier alpha value is -2.67. The molecule has 0 radical (unpaired) electrons. The average Bonchev–Trinajstić information content (AvgIpc) is 2.98. The van der Waals surface area contributed by atoms with Crippen molar-refractivity contribution in [3.8, 4) is 0 Å². The molecule has 0 saturated heterocycles. The van der Waals surface area contributed by atoms with Gasteiger partial charge in [0, 0.05) is 18.4 Å². The second kappa shape index (κ2) is 5.98. The fourth-order valence-electron chi connectivity index (χ4n) is 1.76. The zero-order valence-electron chi connectivity index (χ0n) is 10.5. The van der Waals surface area contributed by atoms with Gasteiger partial charge in [-0.25, -0.2) is 4.79 Å². The summed E-state index contributed by atoms with van der Waals surface area (Å²) in [5.74, 6) is -1.36. The molecule has 0 atom stereocenters. The summed E-state index contributed by atoms with van der Waals surface area (Å²) < 4.78 is 0. The van der Waals surface area contributed by atoms with E-state index in [1.54, 1.807) is 0 Å². The highest BCUT2D eigenvalue weighted by Crippen LogP contribution is 2.17. The maximum absolute atomic E-state index is 12.3. The van der Waals surface area contributed by atoms with Crippen LogP contribution in [0, 0.1) is 0 Å². The van der Waals surface area contributed by atoms with Crippen LogP contribution >= 0.6 is 0 Å². The van der Waals surface area contributed by atoms with E-state index in [0.717, 1.165) is 0 Å². The number of aromatic carboxylic acids is 1. The minimum atomic E-state index is -1.04. The molecular formula is C13H13N3O4. The fraction of sp³-hybridized carbons (Fsp3) is 0.154. The summed E-state index contributed by atoms with van der Waals surface area (Å²) in [5.41, 5.74) is 1.00. The normalized spacial score (nSPS) is 10.2. The molecule has 2 aromatic rings. The van der Waals surface area contributed by atoms with Crippen LogP contribution in [-0.4, -0.2) is 45.4 Å². The molecule has 1 amide bonds. The smallest absolute Gasteiger partial charge is 0.335 e. The van der Waals surface area contributed by atoms with E-state index in [1.807, 2.05) is 0 Å². The summed E-state index contributed by atoms with van der Waals surface area (Å²) in [6, 6.07) is 5.86. The summed E-state index contributed by atoms with van der Waals surface area (Å²) >= 11 is 0. The van der Waals surface area contributed by atoms with Crippen molar-refractivity contribution in [2.75, 3.05) is 18.1 Å². The highest BCUT2D eigenvalue weighted by atomic mass is 16.4. The van der Waals surface area contributed by atoms with E-state index in [-0.39, 0.29) is 24.6 Å². The van der Waals surface area contributed by atoms with E-state index >= 15 is 0 Å². The Morgan fingerprint density at radius 3 is 2.40 bits per heavy atom. The van der Waals surface area contributed by atoms with Gasteiger partial charge in [-0.05, 0) is 24.3 Å². The van der Waals surface area contributed by atoms with E-state index < -0.39 is 5.97 Å². The van der Waals surface area contributed by atoms with Gasteiger partial charge in [0.25, 0.3) is 5.91 Å². The van der Waals surface area contributed by atoms with Crippen LogP contribution < -0.4 is 4.90 Å². The number of carbonyl (C=O) groups excluding carboxylic acids is 1. The predicted molar refractivity (Wildman–Crippen MR) is 70.8 cm³/mol. The van der Waals surface area contributed by atoms with Crippen molar-refractivity contribution in [3.05, 3.63) is 47.8 Å². The number of H-pyrrole nitrogens is 1. The number of rotatable bonds is 5. The minimum absolute atomic E-state index is 0.108. The molecule has 7 heteroatoms. The number of nitrogens with one attached hydrogen (secondary N) is 1. The summed E-state index contributed by atoms with van der Waals surface area (Å²) in [7, 11) is 0. The average molecular weight is 275 g/mol. The van der Waals surface area contributed by atoms with Crippen LogP contribution in [0.5, 0.6) is 0 Å². The lowest BCUT2D eigenvalue weighted by Crippen LogP contribution is -2.33.